The lowest BCUT2D eigenvalue weighted by Gasteiger charge is -2.19. The maximum atomic E-state index is 11.3. The van der Waals surface area contributed by atoms with Crippen molar-refractivity contribution >= 4 is 29.5 Å². The second-order valence-corrected chi connectivity index (χ2v) is 6.13. The van der Waals surface area contributed by atoms with Crippen molar-refractivity contribution < 1.29 is 19.4 Å². The molecule has 0 saturated carbocycles. The van der Waals surface area contributed by atoms with Crippen molar-refractivity contribution in [2.45, 2.75) is 20.3 Å². The van der Waals surface area contributed by atoms with E-state index in [0.717, 1.165) is 34.0 Å². The Hall–Kier alpha value is -3.35. The van der Waals surface area contributed by atoms with Crippen LogP contribution in [0.2, 0.25) is 0 Å². The van der Waals surface area contributed by atoms with Crippen molar-refractivity contribution in [3.8, 4) is 5.75 Å². The lowest BCUT2D eigenvalue weighted by Crippen LogP contribution is -2.31. The van der Waals surface area contributed by atoms with E-state index < -0.39 is 0 Å². The number of carbonyl (C=O) groups excluding carboxylic acids is 1. The number of anilines is 2. The molecule has 0 radical (unpaired) electrons. The van der Waals surface area contributed by atoms with Crippen LogP contribution >= 0.6 is 0 Å². The summed E-state index contributed by atoms with van der Waals surface area (Å²) in [6.45, 7) is 3.78. The van der Waals surface area contributed by atoms with Crippen LogP contribution in [0.15, 0.2) is 47.6 Å². The number of rotatable bonds is 4. The van der Waals surface area contributed by atoms with Gasteiger partial charge in [-0.1, -0.05) is 25.1 Å². The van der Waals surface area contributed by atoms with Gasteiger partial charge in [-0.3, -0.25) is 9.59 Å². The van der Waals surface area contributed by atoms with E-state index in [4.69, 9.17) is 14.6 Å². The number of carboxylic acid groups (broad SMARTS) is 1. The smallest absolute Gasteiger partial charge is 0.290 e. The minimum absolute atomic E-state index is 0.0298. The topological polar surface area (TPSA) is 100 Å². The van der Waals surface area contributed by atoms with Gasteiger partial charge in [-0.25, -0.2) is 5.43 Å². The van der Waals surface area contributed by atoms with Gasteiger partial charge in [0.15, 0.2) is 0 Å². The number of nitrogens with zero attached hydrogens (tertiary/aromatic N) is 1. The molecule has 1 aliphatic heterocycles. The van der Waals surface area contributed by atoms with Crippen LogP contribution in [0, 0.1) is 12.8 Å². The maximum absolute atomic E-state index is 11.3. The third-order valence-electron chi connectivity index (χ3n) is 4.14. The number of benzene rings is 2. The molecule has 0 bridgehead atoms. The number of hydrogen-bond donors (Lipinski definition) is 3. The van der Waals surface area contributed by atoms with Crippen LogP contribution in [0.25, 0.3) is 0 Å². The van der Waals surface area contributed by atoms with E-state index in [1.807, 2.05) is 56.3 Å². The molecule has 1 atom stereocenters. The normalized spacial score (nSPS) is 15.6. The molecule has 0 spiro atoms. The summed E-state index contributed by atoms with van der Waals surface area (Å²) in [5.74, 6) is 0.953. The minimum atomic E-state index is -0.250. The summed E-state index contributed by atoms with van der Waals surface area (Å²) in [6.07, 6.45) is 0.474. The van der Waals surface area contributed by atoms with Crippen LogP contribution < -0.4 is 15.5 Å². The van der Waals surface area contributed by atoms with E-state index in [0.29, 0.717) is 6.42 Å². The zero-order chi connectivity index (χ0) is 19.8. The second kappa shape index (κ2) is 9.38. The average Bonchev–Trinajstić information content (AvgIpc) is 2.65. The Morgan fingerprint density at radius 3 is 2.44 bits per heavy atom. The fraction of sp³-hybridized carbons (Fsp3) is 0.250. The minimum Gasteiger partial charge on any atom is -0.496 e. The molecule has 7 nitrogen and oxygen atoms in total. The van der Waals surface area contributed by atoms with E-state index in [-0.39, 0.29) is 18.3 Å². The van der Waals surface area contributed by atoms with Crippen LogP contribution in [0.5, 0.6) is 5.75 Å². The van der Waals surface area contributed by atoms with Crippen LogP contribution in [-0.4, -0.2) is 30.3 Å². The van der Waals surface area contributed by atoms with Crippen molar-refractivity contribution in [2.75, 3.05) is 12.4 Å². The number of hydrazone groups is 1. The van der Waals surface area contributed by atoms with Crippen molar-refractivity contribution in [1.29, 1.82) is 0 Å². The highest BCUT2D eigenvalue weighted by Gasteiger charge is 2.21. The predicted octanol–water partition coefficient (Wildman–Crippen LogP) is 3.31. The van der Waals surface area contributed by atoms with Crippen molar-refractivity contribution in [2.24, 2.45) is 11.0 Å². The van der Waals surface area contributed by atoms with Crippen molar-refractivity contribution in [1.82, 2.24) is 5.43 Å². The van der Waals surface area contributed by atoms with Crippen molar-refractivity contribution in [3.63, 3.8) is 0 Å². The molecule has 0 aromatic heterocycles. The standard InChI is InChI=1S/C19H21N3O2.CH2O2/c1-12-4-7-16(11-17(12)24-3)20-15-8-5-14(6-9-15)19-13(2)10-18(23)21-22-19;2-1-3/h4-9,11,13,20H,10H2,1-3H3,(H,21,23);1H,(H,2,3)/t13-;/m1./s1. The Kier molecular flexibility index (Phi) is 6.93. The first-order valence-electron chi connectivity index (χ1n) is 8.44. The summed E-state index contributed by atoms with van der Waals surface area (Å²) in [5, 5.41) is 14.4. The molecular weight excluding hydrogens is 346 g/mol. The van der Waals surface area contributed by atoms with E-state index in [2.05, 4.69) is 15.8 Å². The Morgan fingerprint density at radius 2 is 1.85 bits per heavy atom. The SMILES string of the molecule is COc1cc(Nc2ccc(C3=NNC(=O)C[C@H]3C)cc2)ccc1C.O=CO. The second-order valence-electron chi connectivity index (χ2n) is 6.13. The number of amides is 1. The van der Waals surface area contributed by atoms with Gasteiger partial charge >= 0.3 is 0 Å². The molecule has 3 N–H and O–H groups in total. The molecule has 0 unspecified atom stereocenters. The Morgan fingerprint density at radius 1 is 1.22 bits per heavy atom. The molecule has 1 amide bonds. The molecule has 27 heavy (non-hydrogen) atoms. The van der Waals surface area contributed by atoms with Crippen LogP contribution in [-0.2, 0) is 9.59 Å². The van der Waals surface area contributed by atoms with E-state index >= 15 is 0 Å². The van der Waals surface area contributed by atoms with Gasteiger partial charge in [0.1, 0.15) is 5.75 Å². The Labute approximate surface area is 158 Å². The van der Waals surface area contributed by atoms with Gasteiger partial charge in [0.05, 0.1) is 12.8 Å². The zero-order valence-corrected chi connectivity index (χ0v) is 15.5. The van der Waals surface area contributed by atoms with Gasteiger partial charge in [0, 0.05) is 29.8 Å². The van der Waals surface area contributed by atoms with Crippen LogP contribution in [0.3, 0.4) is 0 Å². The monoisotopic (exact) mass is 369 g/mol. The first-order chi connectivity index (χ1) is 13.0. The Bertz CT molecular complexity index is 832. The summed E-state index contributed by atoms with van der Waals surface area (Å²) in [6, 6.07) is 14.1. The predicted molar refractivity (Wildman–Crippen MR) is 105 cm³/mol. The van der Waals surface area contributed by atoms with E-state index in [9.17, 15) is 4.79 Å². The number of carbonyl (C=O) groups is 2. The fourth-order valence-corrected chi connectivity index (χ4v) is 2.79. The van der Waals surface area contributed by atoms with E-state index in [1.165, 1.54) is 0 Å². The number of methoxy groups -OCH3 is 1. The molecule has 2 aromatic carbocycles. The molecule has 1 aliphatic rings. The maximum Gasteiger partial charge on any atom is 0.290 e. The molecule has 1 heterocycles. The molecular formula is C20H23N3O4. The largest absolute Gasteiger partial charge is 0.496 e. The molecule has 7 heteroatoms. The highest BCUT2D eigenvalue weighted by Crippen LogP contribution is 2.25. The Balaban J connectivity index is 0.000000817. The molecule has 142 valence electrons. The molecule has 3 rings (SSSR count). The summed E-state index contributed by atoms with van der Waals surface area (Å²) in [7, 11) is 1.67. The van der Waals surface area contributed by atoms with Crippen LogP contribution in [0.4, 0.5) is 11.4 Å². The quantitative estimate of drug-likeness (QED) is 0.718. The third kappa shape index (κ3) is 5.31. The summed E-state index contributed by atoms with van der Waals surface area (Å²) in [4.78, 5) is 19.7. The van der Waals surface area contributed by atoms with Gasteiger partial charge in [0.2, 0.25) is 5.91 Å². The van der Waals surface area contributed by atoms with Gasteiger partial charge in [-0.15, -0.1) is 0 Å². The zero-order valence-electron chi connectivity index (χ0n) is 15.5. The summed E-state index contributed by atoms with van der Waals surface area (Å²) in [5.41, 5.74) is 7.55. The lowest BCUT2D eigenvalue weighted by molar-refractivity contribution is -0.123. The fourth-order valence-electron chi connectivity index (χ4n) is 2.79. The third-order valence-corrected chi connectivity index (χ3v) is 4.14. The summed E-state index contributed by atoms with van der Waals surface area (Å²) < 4.78 is 5.35. The van der Waals surface area contributed by atoms with Gasteiger partial charge < -0.3 is 15.2 Å². The molecule has 2 aromatic rings. The molecule has 0 fully saturated rings. The van der Waals surface area contributed by atoms with Gasteiger partial charge in [-0.05, 0) is 36.2 Å². The number of ether oxygens (including phenoxy) is 1. The number of nitrogens with one attached hydrogen (secondary N) is 2. The summed E-state index contributed by atoms with van der Waals surface area (Å²) >= 11 is 0. The van der Waals surface area contributed by atoms with Crippen LogP contribution in [0.1, 0.15) is 24.5 Å². The number of hydrogen-bond acceptors (Lipinski definition) is 5. The molecule has 0 saturated heterocycles. The first kappa shape index (κ1) is 20.0. The number of aryl methyl sites for hydroxylation is 1. The lowest BCUT2D eigenvalue weighted by atomic mass is 9.94. The molecule has 0 aliphatic carbocycles. The van der Waals surface area contributed by atoms with E-state index in [1.54, 1.807) is 7.11 Å². The highest BCUT2D eigenvalue weighted by atomic mass is 16.5. The highest BCUT2D eigenvalue weighted by molar-refractivity contribution is 6.05. The average molecular weight is 369 g/mol. The van der Waals surface area contributed by atoms with Crippen molar-refractivity contribution in [3.05, 3.63) is 53.6 Å². The first-order valence-corrected chi connectivity index (χ1v) is 8.44. The van der Waals surface area contributed by atoms with Gasteiger partial charge in [0.25, 0.3) is 6.47 Å². The van der Waals surface area contributed by atoms with Gasteiger partial charge in [-0.2, -0.15) is 5.10 Å².